The predicted octanol–water partition coefficient (Wildman–Crippen LogP) is 3.45. The molecule has 0 N–H and O–H groups in total. The minimum atomic E-state index is -0.657. The number of carbonyl (C=O) groups excluding carboxylic acids is 2. The number of hydrogen-bond acceptors (Lipinski definition) is 4. The van der Waals surface area contributed by atoms with E-state index in [0.717, 1.165) is 18.4 Å². The van der Waals surface area contributed by atoms with Crippen molar-refractivity contribution in [2.45, 2.75) is 45.2 Å². The van der Waals surface area contributed by atoms with Crippen LogP contribution in [0.2, 0.25) is 5.02 Å². The van der Waals surface area contributed by atoms with E-state index in [4.69, 9.17) is 21.1 Å². The third kappa shape index (κ3) is 2.72. The number of hydrogen-bond donors (Lipinski definition) is 0. The van der Waals surface area contributed by atoms with Crippen LogP contribution in [0.1, 0.15) is 38.7 Å². The molecule has 1 aromatic carbocycles. The Morgan fingerprint density at radius 2 is 2.04 bits per heavy atom. The Balaban J connectivity index is 1.89. The molecule has 2 aliphatic heterocycles. The molecule has 25 heavy (non-hydrogen) atoms. The van der Waals surface area contributed by atoms with Gasteiger partial charge in [-0.25, -0.2) is 4.79 Å². The van der Waals surface area contributed by atoms with Crippen LogP contribution < -0.4 is 9.47 Å². The van der Waals surface area contributed by atoms with E-state index in [2.05, 4.69) is 0 Å². The van der Waals surface area contributed by atoms with Crippen LogP contribution in [0.15, 0.2) is 12.1 Å². The van der Waals surface area contributed by atoms with Crippen molar-refractivity contribution in [3.05, 3.63) is 22.7 Å². The first-order valence-electron chi connectivity index (χ1n) is 8.61. The Bertz CT molecular complexity index is 709. The highest BCUT2D eigenvalue weighted by molar-refractivity contribution is 6.32. The molecule has 3 amide bonds. The highest BCUT2D eigenvalue weighted by atomic mass is 35.5. The Morgan fingerprint density at radius 3 is 2.64 bits per heavy atom. The van der Waals surface area contributed by atoms with E-state index in [1.54, 1.807) is 17.0 Å². The fraction of sp³-hybridized carbons (Fsp3) is 0.556. The van der Waals surface area contributed by atoms with Gasteiger partial charge in [-0.1, -0.05) is 18.5 Å². The van der Waals surface area contributed by atoms with Crippen molar-refractivity contribution in [3.8, 4) is 11.5 Å². The van der Waals surface area contributed by atoms with Crippen LogP contribution in [0.4, 0.5) is 4.79 Å². The van der Waals surface area contributed by atoms with Crippen LogP contribution >= 0.6 is 11.6 Å². The number of halogens is 1. The fourth-order valence-electron chi connectivity index (χ4n) is 3.85. The molecule has 0 spiro atoms. The van der Waals surface area contributed by atoms with Gasteiger partial charge < -0.3 is 14.4 Å². The molecule has 0 unspecified atom stereocenters. The Hall–Kier alpha value is -1.95. The molecule has 2 aliphatic rings. The quantitative estimate of drug-likeness (QED) is 0.723. The topological polar surface area (TPSA) is 59.1 Å². The summed E-state index contributed by atoms with van der Waals surface area (Å²) in [6.07, 6.45) is 2.25. The van der Waals surface area contributed by atoms with Crippen molar-refractivity contribution < 1.29 is 19.1 Å². The van der Waals surface area contributed by atoms with Crippen molar-refractivity contribution in [3.63, 3.8) is 0 Å². The van der Waals surface area contributed by atoms with Crippen molar-refractivity contribution in [2.75, 3.05) is 20.3 Å². The second-order valence-electron chi connectivity index (χ2n) is 6.36. The predicted molar refractivity (Wildman–Crippen MR) is 94.1 cm³/mol. The highest BCUT2D eigenvalue weighted by Gasteiger charge is 2.58. The first-order chi connectivity index (χ1) is 12.0. The van der Waals surface area contributed by atoms with Gasteiger partial charge in [0.2, 0.25) is 0 Å². The van der Waals surface area contributed by atoms with Gasteiger partial charge in [-0.05, 0) is 43.9 Å². The van der Waals surface area contributed by atoms with Crippen LogP contribution in [0.25, 0.3) is 0 Å². The largest absolute Gasteiger partial charge is 0.493 e. The van der Waals surface area contributed by atoms with Crippen LogP contribution in [-0.4, -0.2) is 47.5 Å². The van der Waals surface area contributed by atoms with Crippen molar-refractivity contribution in [2.24, 2.45) is 0 Å². The van der Waals surface area contributed by atoms with Crippen LogP contribution in [0.5, 0.6) is 11.5 Å². The standard InChI is InChI=1S/C18H23ClN2O4/c1-4-18-7-6-8-21(18)17(23)20(16(18)22)11-12-9-13(19)15(25-5-2)14(10-12)24-3/h9-10H,4-8,11H2,1-3H3/t18-/m0/s1. The molecule has 0 aromatic heterocycles. The van der Waals surface area contributed by atoms with E-state index in [-0.39, 0.29) is 18.5 Å². The zero-order chi connectivity index (χ0) is 18.2. The zero-order valence-electron chi connectivity index (χ0n) is 14.8. The molecule has 2 heterocycles. The van der Waals surface area contributed by atoms with E-state index in [1.165, 1.54) is 12.0 Å². The van der Waals surface area contributed by atoms with Gasteiger partial charge in [-0.3, -0.25) is 9.69 Å². The highest BCUT2D eigenvalue weighted by Crippen LogP contribution is 2.42. The monoisotopic (exact) mass is 366 g/mol. The molecule has 0 radical (unpaired) electrons. The maximum absolute atomic E-state index is 12.9. The molecular formula is C18H23ClN2O4. The van der Waals surface area contributed by atoms with Crippen molar-refractivity contribution in [1.82, 2.24) is 9.80 Å². The van der Waals surface area contributed by atoms with E-state index < -0.39 is 5.54 Å². The van der Waals surface area contributed by atoms with E-state index >= 15 is 0 Å². The fourth-order valence-corrected chi connectivity index (χ4v) is 4.14. The third-order valence-corrected chi connectivity index (χ3v) is 5.38. The zero-order valence-corrected chi connectivity index (χ0v) is 15.6. The Kier molecular flexibility index (Phi) is 4.82. The van der Waals surface area contributed by atoms with E-state index in [0.29, 0.717) is 36.1 Å². The number of nitrogens with zero attached hydrogens (tertiary/aromatic N) is 2. The van der Waals surface area contributed by atoms with Gasteiger partial charge >= 0.3 is 6.03 Å². The second-order valence-corrected chi connectivity index (χ2v) is 6.76. The Labute approximate surface area is 152 Å². The maximum Gasteiger partial charge on any atom is 0.327 e. The van der Waals surface area contributed by atoms with Crippen molar-refractivity contribution in [1.29, 1.82) is 0 Å². The number of rotatable bonds is 6. The van der Waals surface area contributed by atoms with Gasteiger partial charge in [0.25, 0.3) is 5.91 Å². The number of amides is 3. The first-order valence-corrected chi connectivity index (χ1v) is 8.99. The number of carbonyl (C=O) groups is 2. The first kappa shape index (κ1) is 17.9. The molecule has 1 atom stereocenters. The summed E-state index contributed by atoms with van der Waals surface area (Å²) in [6, 6.07) is 3.27. The van der Waals surface area contributed by atoms with Gasteiger partial charge in [0, 0.05) is 6.54 Å². The number of methoxy groups -OCH3 is 1. The number of urea groups is 1. The van der Waals surface area contributed by atoms with Crippen LogP contribution in [0, 0.1) is 0 Å². The molecule has 1 aromatic rings. The average Bonchev–Trinajstić information content (AvgIpc) is 3.12. The van der Waals surface area contributed by atoms with Gasteiger partial charge in [-0.15, -0.1) is 0 Å². The lowest BCUT2D eigenvalue weighted by Gasteiger charge is -2.26. The van der Waals surface area contributed by atoms with Crippen molar-refractivity contribution >= 4 is 23.5 Å². The SMILES string of the molecule is CCOc1c(Cl)cc(CN2C(=O)N3CCC[C@@]3(CC)C2=O)cc1OC. The summed E-state index contributed by atoms with van der Waals surface area (Å²) in [5.74, 6) is 0.857. The summed E-state index contributed by atoms with van der Waals surface area (Å²) in [7, 11) is 1.53. The number of benzene rings is 1. The molecular weight excluding hydrogens is 344 g/mol. The minimum absolute atomic E-state index is 0.110. The van der Waals surface area contributed by atoms with Gasteiger partial charge in [-0.2, -0.15) is 0 Å². The molecule has 0 saturated carbocycles. The Morgan fingerprint density at radius 1 is 1.28 bits per heavy atom. The lowest BCUT2D eigenvalue weighted by molar-refractivity contribution is -0.133. The normalized spacial score (nSPS) is 22.6. The van der Waals surface area contributed by atoms with Crippen LogP contribution in [-0.2, 0) is 11.3 Å². The molecule has 2 saturated heterocycles. The minimum Gasteiger partial charge on any atom is -0.493 e. The summed E-state index contributed by atoms with van der Waals surface area (Å²) in [5.41, 5.74) is 0.0791. The smallest absolute Gasteiger partial charge is 0.327 e. The molecule has 6 nitrogen and oxygen atoms in total. The second kappa shape index (κ2) is 6.75. The molecule has 0 aliphatic carbocycles. The van der Waals surface area contributed by atoms with Gasteiger partial charge in [0.1, 0.15) is 5.54 Å². The summed E-state index contributed by atoms with van der Waals surface area (Å²) in [4.78, 5) is 28.7. The summed E-state index contributed by atoms with van der Waals surface area (Å²) in [5, 5.41) is 0.404. The van der Waals surface area contributed by atoms with Gasteiger partial charge in [0.05, 0.1) is 25.3 Å². The maximum atomic E-state index is 12.9. The summed E-state index contributed by atoms with van der Waals surface area (Å²) in [6.45, 7) is 5.11. The van der Waals surface area contributed by atoms with Crippen LogP contribution in [0.3, 0.4) is 0 Å². The average molecular weight is 367 g/mol. The van der Waals surface area contributed by atoms with E-state index in [1.807, 2.05) is 13.8 Å². The summed E-state index contributed by atoms with van der Waals surface area (Å²) < 4.78 is 10.9. The van der Waals surface area contributed by atoms with E-state index in [9.17, 15) is 9.59 Å². The number of imide groups is 1. The van der Waals surface area contributed by atoms with Gasteiger partial charge in [0.15, 0.2) is 11.5 Å². The summed E-state index contributed by atoms with van der Waals surface area (Å²) >= 11 is 6.30. The number of ether oxygens (including phenoxy) is 2. The lowest BCUT2D eigenvalue weighted by Crippen LogP contribution is -2.44. The molecule has 2 fully saturated rings. The molecule has 0 bridgehead atoms. The molecule has 3 rings (SSSR count). The molecule has 7 heteroatoms. The third-order valence-electron chi connectivity index (χ3n) is 5.10. The molecule has 136 valence electrons. The number of fused-ring (bicyclic) bond motifs is 1. The lowest BCUT2D eigenvalue weighted by atomic mass is 9.93.